The van der Waals surface area contributed by atoms with E-state index >= 15 is 0 Å². The van der Waals surface area contributed by atoms with Crippen LogP contribution in [0.3, 0.4) is 0 Å². The largest absolute Gasteiger partial charge is 0.373 e. The van der Waals surface area contributed by atoms with Crippen molar-refractivity contribution in [3.05, 3.63) is 57.8 Å². The number of amides is 3. The zero-order valence-corrected chi connectivity index (χ0v) is 19.2. The standard InChI is InChI=1S/C22H26Cl2N4O4/c1-14(29)28-9-10-32-16(13-28)12-25-21(30)18(8-7-15-5-3-2-4-6-15)27-22(31)19-11-17(23)20(24)26-19/h2-6,11,16,18,26H,7-10,12-13H2,1H3,(H,25,30)(H,27,31)/t16-,18-/m0/s1. The van der Waals surface area contributed by atoms with Crippen LogP contribution in [-0.4, -0.2) is 66.0 Å². The van der Waals surface area contributed by atoms with Gasteiger partial charge in [-0.1, -0.05) is 53.5 Å². The molecule has 3 amide bonds. The topological polar surface area (TPSA) is 104 Å². The van der Waals surface area contributed by atoms with Crippen molar-refractivity contribution in [3.8, 4) is 0 Å². The van der Waals surface area contributed by atoms with Gasteiger partial charge in [0.25, 0.3) is 5.91 Å². The lowest BCUT2D eigenvalue weighted by molar-refractivity contribution is -0.136. The number of aromatic nitrogens is 1. The molecule has 3 rings (SSSR count). The number of morpholine rings is 1. The summed E-state index contributed by atoms with van der Waals surface area (Å²) in [6, 6.07) is 10.3. The van der Waals surface area contributed by atoms with Gasteiger partial charge in [0.1, 0.15) is 16.9 Å². The van der Waals surface area contributed by atoms with Gasteiger partial charge in [-0.15, -0.1) is 0 Å². The average molecular weight is 481 g/mol. The van der Waals surface area contributed by atoms with Gasteiger partial charge in [-0.2, -0.15) is 0 Å². The fourth-order valence-electron chi connectivity index (χ4n) is 3.45. The molecule has 8 nitrogen and oxygen atoms in total. The Bertz CT molecular complexity index is 931. The van der Waals surface area contributed by atoms with Crippen molar-refractivity contribution in [2.45, 2.75) is 31.9 Å². The van der Waals surface area contributed by atoms with E-state index in [-0.39, 0.29) is 40.3 Å². The van der Waals surface area contributed by atoms with Crippen LogP contribution < -0.4 is 10.6 Å². The first-order chi connectivity index (χ1) is 15.3. The van der Waals surface area contributed by atoms with Gasteiger partial charge in [0.05, 0.1) is 17.7 Å². The van der Waals surface area contributed by atoms with E-state index in [0.29, 0.717) is 32.5 Å². The number of rotatable bonds is 8. The number of benzene rings is 1. The Morgan fingerprint density at radius 3 is 2.66 bits per heavy atom. The highest BCUT2D eigenvalue weighted by Crippen LogP contribution is 2.22. The quantitative estimate of drug-likeness (QED) is 0.539. The van der Waals surface area contributed by atoms with Crippen LogP contribution in [0.2, 0.25) is 10.2 Å². The molecule has 1 aliphatic heterocycles. The van der Waals surface area contributed by atoms with Crippen molar-refractivity contribution in [1.29, 1.82) is 0 Å². The Kier molecular flexibility index (Phi) is 8.55. The second-order valence-electron chi connectivity index (χ2n) is 7.60. The molecule has 2 heterocycles. The number of aryl methyl sites for hydroxylation is 1. The zero-order valence-electron chi connectivity index (χ0n) is 17.7. The molecule has 0 spiro atoms. The van der Waals surface area contributed by atoms with Gasteiger partial charge >= 0.3 is 0 Å². The molecule has 1 aliphatic rings. The van der Waals surface area contributed by atoms with Crippen LogP contribution in [0.4, 0.5) is 0 Å². The molecule has 0 saturated carbocycles. The Hall–Kier alpha value is -2.55. The third kappa shape index (κ3) is 6.72. The van der Waals surface area contributed by atoms with Gasteiger partial charge in [-0.3, -0.25) is 14.4 Å². The van der Waals surface area contributed by atoms with Crippen molar-refractivity contribution >= 4 is 40.9 Å². The Labute approximate surface area is 196 Å². The summed E-state index contributed by atoms with van der Waals surface area (Å²) in [5.74, 6) is -0.842. The number of H-pyrrole nitrogens is 1. The summed E-state index contributed by atoms with van der Waals surface area (Å²) in [5, 5.41) is 5.98. The third-order valence-electron chi connectivity index (χ3n) is 5.24. The van der Waals surface area contributed by atoms with Gasteiger partial charge in [0.15, 0.2) is 0 Å². The van der Waals surface area contributed by atoms with E-state index in [9.17, 15) is 14.4 Å². The van der Waals surface area contributed by atoms with Crippen LogP contribution >= 0.6 is 23.2 Å². The van der Waals surface area contributed by atoms with E-state index in [1.54, 1.807) is 4.90 Å². The molecular weight excluding hydrogens is 455 g/mol. The van der Waals surface area contributed by atoms with Gasteiger partial charge in [0.2, 0.25) is 11.8 Å². The summed E-state index contributed by atoms with van der Waals surface area (Å²) < 4.78 is 5.65. The lowest BCUT2D eigenvalue weighted by Crippen LogP contribution is -2.52. The molecule has 3 N–H and O–H groups in total. The maximum absolute atomic E-state index is 12.9. The molecular formula is C22H26Cl2N4O4. The lowest BCUT2D eigenvalue weighted by atomic mass is 10.0. The number of halogens is 2. The molecule has 32 heavy (non-hydrogen) atoms. The van der Waals surface area contributed by atoms with Crippen LogP contribution in [0.25, 0.3) is 0 Å². The number of hydrogen-bond acceptors (Lipinski definition) is 4. The second kappa shape index (κ2) is 11.4. The minimum atomic E-state index is -0.781. The fourth-order valence-corrected chi connectivity index (χ4v) is 3.77. The summed E-state index contributed by atoms with van der Waals surface area (Å²) in [7, 11) is 0. The number of nitrogens with one attached hydrogen (secondary N) is 3. The second-order valence-corrected chi connectivity index (χ2v) is 8.38. The fraction of sp³-hybridized carbons (Fsp3) is 0.409. The normalized spacial score (nSPS) is 17.0. The van der Waals surface area contributed by atoms with E-state index < -0.39 is 11.9 Å². The molecule has 0 radical (unpaired) electrons. The Balaban J connectivity index is 1.62. The highest BCUT2D eigenvalue weighted by molar-refractivity contribution is 6.41. The number of hydrogen-bond donors (Lipinski definition) is 3. The molecule has 10 heteroatoms. The maximum atomic E-state index is 12.9. The molecule has 1 aromatic heterocycles. The van der Waals surface area contributed by atoms with E-state index in [2.05, 4.69) is 15.6 Å². The number of nitrogens with zero attached hydrogens (tertiary/aromatic N) is 1. The van der Waals surface area contributed by atoms with Crippen LogP contribution in [0, 0.1) is 0 Å². The maximum Gasteiger partial charge on any atom is 0.268 e. The first-order valence-electron chi connectivity index (χ1n) is 10.4. The van der Waals surface area contributed by atoms with Gasteiger partial charge in [-0.25, -0.2) is 0 Å². The summed E-state index contributed by atoms with van der Waals surface area (Å²) in [4.78, 5) is 41.6. The van der Waals surface area contributed by atoms with E-state index in [0.717, 1.165) is 5.56 Å². The monoisotopic (exact) mass is 480 g/mol. The molecule has 0 aliphatic carbocycles. The summed E-state index contributed by atoms with van der Waals surface area (Å²) in [6.45, 7) is 3.12. The van der Waals surface area contributed by atoms with Crippen molar-refractivity contribution in [2.24, 2.45) is 0 Å². The van der Waals surface area contributed by atoms with Crippen LogP contribution in [0.5, 0.6) is 0 Å². The van der Waals surface area contributed by atoms with Gasteiger partial charge in [-0.05, 0) is 24.5 Å². The predicted molar refractivity (Wildman–Crippen MR) is 122 cm³/mol. The molecule has 1 saturated heterocycles. The summed E-state index contributed by atoms with van der Waals surface area (Å²) >= 11 is 11.8. The molecule has 1 fully saturated rings. The zero-order chi connectivity index (χ0) is 23.1. The SMILES string of the molecule is CC(=O)N1CCO[C@@H](CNC(=O)[C@H](CCc2ccccc2)NC(=O)c2cc(Cl)c(Cl)[nH]2)C1. The molecule has 2 aromatic rings. The molecule has 172 valence electrons. The van der Waals surface area contributed by atoms with E-state index in [1.807, 2.05) is 30.3 Å². The highest BCUT2D eigenvalue weighted by atomic mass is 35.5. The molecule has 0 bridgehead atoms. The van der Waals surface area contributed by atoms with Crippen molar-refractivity contribution in [3.63, 3.8) is 0 Å². The summed E-state index contributed by atoms with van der Waals surface area (Å²) in [5.41, 5.74) is 1.23. The predicted octanol–water partition coefficient (Wildman–Crippen LogP) is 2.42. The third-order valence-corrected chi connectivity index (χ3v) is 5.94. The minimum absolute atomic E-state index is 0.0269. The minimum Gasteiger partial charge on any atom is -0.373 e. The molecule has 0 unspecified atom stereocenters. The van der Waals surface area contributed by atoms with E-state index in [4.69, 9.17) is 27.9 Å². The van der Waals surface area contributed by atoms with Crippen molar-refractivity contribution < 1.29 is 19.1 Å². The smallest absolute Gasteiger partial charge is 0.268 e. The Morgan fingerprint density at radius 1 is 1.25 bits per heavy atom. The van der Waals surface area contributed by atoms with Crippen LogP contribution in [0.15, 0.2) is 36.4 Å². The highest BCUT2D eigenvalue weighted by Gasteiger charge is 2.26. The summed E-state index contributed by atoms with van der Waals surface area (Å²) in [6.07, 6.45) is 0.696. The number of ether oxygens (including phenoxy) is 1. The first-order valence-corrected chi connectivity index (χ1v) is 11.1. The number of carbonyl (C=O) groups excluding carboxylic acids is 3. The van der Waals surface area contributed by atoms with Crippen LogP contribution in [-0.2, 0) is 20.7 Å². The van der Waals surface area contributed by atoms with Crippen molar-refractivity contribution in [1.82, 2.24) is 20.5 Å². The van der Waals surface area contributed by atoms with Crippen LogP contribution in [0.1, 0.15) is 29.4 Å². The van der Waals surface area contributed by atoms with Crippen molar-refractivity contribution in [2.75, 3.05) is 26.2 Å². The lowest BCUT2D eigenvalue weighted by Gasteiger charge is -2.32. The molecule has 1 aromatic carbocycles. The first kappa shape index (κ1) is 24.1. The average Bonchev–Trinajstić information content (AvgIpc) is 3.14. The number of aromatic amines is 1. The molecule has 2 atom stereocenters. The van der Waals surface area contributed by atoms with Gasteiger partial charge in [0, 0.05) is 26.6 Å². The number of carbonyl (C=O) groups is 3. The Morgan fingerprint density at radius 2 is 2.00 bits per heavy atom. The van der Waals surface area contributed by atoms with E-state index in [1.165, 1.54) is 13.0 Å². The van der Waals surface area contributed by atoms with Gasteiger partial charge < -0.3 is 25.3 Å².